The van der Waals surface area contributed by atoms with Gasteiger partial charge in [-0.1, -0.05) is 12.8 Å². The number of sulfonamides is 1. The number of anilines is 1. The van der Waals surface area contributed by atoms with Crippen LogP contribution in [0.2, 0.25) is 0 Å². The van der Waals surface area contributed by atoms with E-state index in [1.165, 1.54) is 0 Å². The summed E-state index contributed by atoms with van der Waals surface area (Å²) in [6, 6.07) is 4.38. The third-order valence-electron chi connectivity index (χ3n) is 6.22. The third kappa shape index (κ3) is 4.34. The van der Waals surface area contributed by atoms with Crippen LogP contribution in [-0.2, 0) is 10.0 Å². The van der Waals surface area contributed by atoms with Gasteiger partial charge in [-0.05, 0) is 62.9 Å². The van der Waals surface area contributed by atoms with Crippen molar-refractivity contribution >= 4 is 32.6 Å². The van der Waals surface area contributed by atoms with Crippen molar-refractivity contribution in [3.05, 3.63) is 58.4 Å². The normalized spacial score (nSPS) is 15.0. The minimum Gasteiger partial charge on any atom is -0.449 e. The summed E-state index contributed by atoms with van der Waals surface area (Å²) in [5, 5.41) is 0.510. The number of amides is 1. The monoisotopic (exact) mass is 476 g/mol. The molecule has 1 aromatic heterocycles. The number of furan rings is 1. The quantitative estimate of drug-likeness (QED) is 0.543. The molecule has 9 heteroatoms. The van der Waals surface area contributed by atoms with Gasteiger partial charge in [0.15, 0.2) is 11.3 Å². The molecule has 2 aromatic carbocycles. The van der Waals surface area contributed by atoms with Crippen LogP contribution in [0.5, 0.6) is 0 Å². The second-order valence-electron chi connectivity index (χ2n) is 8.52. The fourth-order valence-corrected chi connectivity index (χ4v) is 5.77. The van der Waals surface area contributed by atoms with Crippen LogP contribution in [0.4, 0.5) is 14.5 Å². The Kier molecular flexibility index (Phi) is 6.18. The van der Waals surface area contributed by atoms with Gasteiger partial charge in [-0.25, -0.2) is 17.2 Å². The predicted octanol–water partition coefficient (Wildman–Crippen LogP) is 5.45. The smallest absolute Gasteiger partial charge is 0.289 e. The van der Waals surface area contributed by atoms with Crippen LogP contribution >= 0.6 is 0 Å². The molecule has 1 saturated heterocycles. The Balaban J connectivity index is 1.83. The Hall–Kier alpha value is -2.94. The number of carbonyl (C=O) groups is 1. The molecule has 0 radical (unpaired) electrons. The first kappa shape index (κ1) is 23.2. The SMILES string of the molecule is Cc1cc2c(C)c(C(=O)N3CCCCCC3)oc2c(S(=O)(=O)Nc2ccc(F)cc2F)c1C. The van der Waals surface area contributed by atoms with Crippen molar-refractivity contribution in [1.29, 1.82) is 0 Å². The van der Waals surface area contributed by atoms with Crippen LogP contribution in [-0.4, -0.2) is 32.3 Å². The highest BCUT2D eigenvalue weighted by molar-refractivity contribution is 7.93. The van der Waals surface area contributed by atoms with Gasteiger partial charge >= 0.3 is 0 Å². The summed E-state index contributed by atoms with van der Waals surface area (Å²) in [6.45, 7) is 6.37. The molecule has 0 bridgehead atoms. The van der Waals surface area contributed by atoms with Gasteiger partial charge in [0.1, 0.15) is 16.5 Å². The van der Waals surface area contributed by atoms with Gasteiger partial charge in [-0.3, -0.25) is 9.52 Å². The van der Waals surface area contributed by atoms with Crippen LogP contribution in [0.1, 0.15) is 52.9 Å². The van der Waals surface area contributed by atoms with Gasteiger partial charge in [-0.15, -0.1) is 0 Å². The van der Waals surface area contributed by atoms with E-state index in [9.17, 15) is 22.0 Å². The highest BCUT2D eigenvalue weighted by Gasteiger charge is 2.30. The van der Waals surface area contributed by atoms with Crippen molar-refractivity contribution in [2.24, 2.45) is 0 Å². The zero-order chi connectivity index (χ0) is 23.9. The molecule has 1 amide bonds. The first-order valence-corrected chi connectivity index (χ1v) is 12.4. The summed E-state index contributed by atoms with van der Waals surface area (Å²) in [6.07, 6.45) is 3.95. The molecule has 1 aliphatic rings. The Morgan fingerprint density at radius 1 is 1.00 bits per heavy atom. The maximum Gasteiger partial charge on any atom is 0.289 e. The topological polar surface area (TPSA) is 79.6 Å². The maximum absolute atomic E-state index is 14.2. The second kappa shape index (κ2) is 8.78. The molecule has 0 unspecified atom stereocenters. The molecular formula is C24H26F2N2O4S. The van der Waals surface area contributed by atoms with E-state index in [-0.39, 0.29) is 27.8 Å². The summed E-state index contributed by atoms with van der Waals surface area (Å²) in [5.41, 5.74) is 1.32. The Morgan fingerprint density at radius 3 is 2.30 bits per heavy atom. The van der Waals surface area contributed by atoms with Crippen LogP contribution < -0.4 is 4.72 Å². The van der Waals surface area contributed by atoms with Gasteiger partial charge < -0.3 is 9.32 Å². The van der Waals surface area contributed by atoms with Crippen molar-refractivity contribution in [1.82, 2.24) is 4.90 Å². The van der Waals surface area contributed by atoms with Gasteiger partial charge in [-0.2, -0.15) is 0 Å². The molecule has 6 nitrogen and oxygen atoms in total. The molecule has 1 fully saturated rings. The standard InChI is InChI=1S/C24H26F2N2O4S/c1-14-12-18-16(3)21(24(29)28-10-6-4-5-7-11-28)32-22(18)23(15(14)2)33(30,31)27-20-9-8-17(25)13-19(20)26/h8-9,12-13,27H,4-7,10-11H2,1-3H3. The number of halogens is 2. The molecule has 1 aliphatic heterocycles. The van der Waals surface area contributed by atoms with E-state index in [0.29, 0.717) is 41.2 Å². The molecule has 0 atom stereocenters. The Morgan fingerprint density at radius 2 is 1.67 bits per heavy atom. The lowest BCUT2D eigenvalue weighted by molar-refractivity contribution is 0.0731. The second-order valence-corrected chi connectivity index (χ2v) is 10.1. The van der Waals surface area contributed by atoms with E-state index >= 15 is 0 Å². The van der Waals surface area contributed by atoms with E-state index < -0.39 is 21.7 Å². The number of nitrogens with one attached hydrogen (secondary N) is 1. The van der Waals surface area contributed by atoms with Crippen LogP contribution in [0.25, 0.3) is 11.0 Å². The number of carbonyl (C=O) groups excluding carboxylic acids is 1. The van der Waals surface area contributed by atoms with E-state index in [0.717, 1.165) is 37.8 Å². The average molecular weight is 477 g/mol. The van der Waals surface area contributed by atoms with E-state index in [2.05, 4.69) is 4.72 Å². The van der Waals surface area contributed by atoms with E-state index in [4.69, 9.17) is 4.42 Å². The molecule has 4 rings (SSSR count). The van der Waals surface area contributed by atoms with E-state index in [1.807, 2.05) is 0 Å². The molecule has 1 N–H and O–H groups in total. The zero-order valence-corrected chi connectivity index (χ0v) is 19.6. The largest absolute Gasteiger partial charge is 0.449 e. The molecule has 0 aliphatic carbocycles. The number of hydrogen-bond acceptors (Lipinski definition) is 4. The lowest BCUT2D eigenvalue weighted by Crippen LogP contribution is -2.31. The third-order valence-corrected chi connectivity index (χ3v) is 7.74. The summed E-state index contributed by atoms with van der Waals surface area (Å²) in [4.78, 5) is 14.8. The van der Waals surface area contributed by atoms with Crippen LogP contribution in [0.3, 0.4) is 0 Å². The summed E-state index contributed by atoms with van der Waals surface area (Å²) >= 11 is 0. The number of aryl methyl sites for hydroxylation is 2. The minimum absolute atomic E-state index is 0.0452. The number of hydrogen-bond donors (Lipinski definition) is 1. The average Bonchev–Trinajstić information content (AvgIpc) is 2.93. The summed E-state index contributed by atoms with van der Waals surface area (Å²) in [7, 11) is -4.32. The van der Waals surface area contributed by atoms with Crippen molar-refractivity contribution in [3.8, 4) is 0 Å². The number of fused-ring (bicyclic) bond motifs is 1. The first-order chi connectivity index (χ1) is 15.6. The maximum atomic E-state index is 14.2. The zero-order valence-electron chi connectivity index (χ0n) is 18.8. The first-order valence-electron chi connectivity index (χ1n) is 10.9. The summed E-state index contributed by atoms with van der Waals surface area (Å²) in [5.74, 6) is -2.00. The lowest BCUT2D eigenvalue weighted by atomic mass is 10.0. The molecule has 33 heavy (non-hydrogen) atoms. The van der Waals surface area contributed by atoms with Gasteiger partial charge in [0, 0.05) is 30.1 Å². The van der Waals surface area contributed by atoms with Crippen LogP contribution in [0, 0.1) is 32.4 Å². The molecule has 0 spiro atoms. The van der Waals surface area contributed by atoms with Gasteiger partial charge in [0.25, 0.3) is 15.9 Å². The van der Waals surface area contributed by atoms with Gasteiger partial charge in [0.05, 0.1) is 5.69 Å². The van der Waals surface area contributed by atoms with Crippen molar-refractivity contribution < 1.29 is 26.4 Å². The Bertz CT molecular complexity index is 1340. The fourth-order valence-electron chi connectivity index (χ4n) is 4.26. The number of likely N-dealkylation sites (tertiary alicyclic amines) is 1. The molecular weight excluding hydrogens is 450 g/mol. The fraction of sp³-hybridized carbons (Fsp3) is 0.375. The highest BCUT2D eigenvalue weighted by atomic mass is 32.2. The minimum atomic E-state index is -4.32. The Labute approximate surface area is 191 Å². The number of rotatable bonds is 4. The molecule has 176 valence electrons. The molecule has 2 heterocycles. The number of nitrogens with zero attached hydrogens (tertiary/aromatic N) is 1. The van der Waals surface area contributed by atoms with Crippen molar-refractivity contribution in [2.45, 2.75) is 51.3 Å². The molecule has 3 aromatic rings. The highest BCUT2D eigenvalue weighted by Crippen LogP contribution is 2.36. The predicted molar refractivity (Wildman–Crippen MR) is 122 cm³/mol. The summed E-state index contributed by atoms with van der Waals surface area (Å²) < 4.78 is 62.2. The lowest BCUT2D eigenvalue weighted by Gasteiger charge is -2.19. The van der Waals surface area contributed by atoms with Crippen LogP contribution in [0.15, 0.2) is 33.6 Å². The number of benzene rings is 2. The van der Waals surface area contributed by atoms with Crippen molar-refractivity contribution in [2.75, 3.05) is 17.8 Å². The molecule has 0 saturated carbocycles. The van der Waals surface area contributed by atoms with Gasteiger partial charge in [0.2, 0.25) is 0 Å². The van der Waals surface area contributed by atoms with Crippen molar-refractivity contribution in [3.63, 3.8) is 0 Å². The van der Waals surface area contributed by atoms with E-state index in [1.54, 1.807) is 31.7 Å².